The van der Waals surface area contributed by atoms with Crippen LogP contribution in [0.4, 0.5) is 0 Å². The molecule has 3 aliphatic rings. The van der Waals surface area contributed by atoms with Gasteiger partial charge in [-0.25, -0.2) is 0 Å². The maximum absolute atomic E-state index is 12.4. The highest BCUT2D eigenvalue weighted by molar-refractivity contribution is 5.57. The van der Waals surface area contributed by atoms with Crippen LogP contribution in [-0.4, -0.2) is 19.3 Å². The van der Waals surface area contributed by atoms with Gasteiger partial charge in [-0.3, -0.25) is 14.6 Å². The molecule has 2 bridgehead atoms. The summed E-state index contributed by atoms with van der Waals surface area (Å²) < 4.78 is 8.31. The minimum atomic E-state index is -0.522. The van der Waals surface area contributed by atoms with E-state index in [0.29, 0.717) is 11.5 Å². The second kappa shape index (κ2) is 5.02. The van der Waals surface area contributed by atoms with Crippen LogP contribution in [0.15, 0.2) is 57.1 Å². The van der Waals surface area contributed by atoms with Crippen molar-refractivity contribution in [2.24, 2.45) is 5.92 Å². The molecule has 6 rings (SSSR count). The lowest BCUT2D eigenvalue weighted by Crippen LogP contribution is -2.64. The molecule has 0 radical (unpaired) electrons. The van der Waals surface area contributed by atoms with Crippen LogP contribution in [0.5, 0.6) is 0 Å². The van der Waals surface area contributed by atoms with Gasteiger partial charge in [0, 0.05) is 42.0 Å². The first-order chi connectivity index (χ1) is 12.1. The van der Waals surface area contributed by atoms with E-state index in [2.05, 4.69) is 10.1 Å². The number of nitrogens with zero attached hydrogens (tertiary/aromatic N) is 4. The zero-order valence-electron chi connectivity index (χ0n) is 13.5. The monoisotopic (exact) mass is 336 g/mol. The molecule has 3 heterocycles. The molecular formula is C18H16N4O3. The van der Waals surface area contributed by atoms with E-state index in [4.69, 9.17) is 4.52 Å². The first-order valence-corrected chi connectivity index (χ1v) is 8.33. The summed E-state index contributed by atoms with van der Waals surface area (Å²) in [6.07, 6.45) is 9.84. The normalized spacial score (nSPS) is 23.8. The van der Waals surface area contributed by atoms with E-state index in [9.17, 15) is 9.59 Å². The summed E-state index contributed by atoms with van der Waals surface area (Å²) in [5, 5.41) is 4.01. The quantitative estimate of drug-likeness (QED) is 0.676. The molecule has 0 aliphatic heterocycles. The highest BCUT2D eigenvalue weighted by Crippen LogP contribution is 2.61. The maximum atomic E-state index is 12.4. The molecule has 0 amide bonds. The fourth-order valence-corrected chi connectivity index (χ4v) is 3.94. The summed E-state index contributed by atoms with van der Waals surface area (Å²) in [5.74, 6) is 1.26. The van der Waals surface area contributed by atoms with E-state index in [1.165, 1.54) is 4.57 Å². The molecule has 0 spiro atoms. The summed E-state index contributed by atoms with van der Waals surface area (Å²) in [5.41, 5.74) is 0.432. The summed E-state index contributed by atoms with van der Waals surface area (Å²) >= 11 is 0. The van der Waals surface area contributed by atoms with Gasteiger partial charge in [-0.15, -0.1) is 0 Å². The Morgan fingerprint density at radius 3 is 2.72 bits per heavy atom. The lowest BCUT2D eigenvalue weighted by molar-refractivity contribution is -0.0919. The Labute approximate surface area is 142 Å². The van der Waals surface area contributed by atoms with Crippen molar-refractivity contribution in [1.82, 2.24) is 19.3 Å². The molecule has 7 heteroatoms. The van der Waals surface area contributed by atoms with Gasteiger partial charge in [0.05, 0.1) is 6.54 Å². The van der Waals surface area contributed by atoms with Gasteiger partial charge in [0.1, 0.15) is 5.69 Å². The van der Waals surface area contributed by atoms with E-state index in [1.807, 2.05) is 12.1 Å². The third kappa shape index (κ3) is 2.12. The van der Waals surface area contributed by atoms with Crippen LogP contribution in [0.1, 0.15) is 25.0 Å². The Morgan fingerprint density at radius 2 is 2.04 bits per heavy atom. The topological polar surface area (TPSA) is 82.9 Å². The Balaban J connectivity index is 1.43. The lowest BCUT2D eigenvalue weighted by atomic mass is 9.49. The van der Waals surface area contributed by atoms with Crippen LogP contribution >= 0.6 is 0 Å². The van der Waals surface area contributed by atoms with Gasteiger partial charge in [-0.05, 0) is 37.3 Å². The Morgan fingerprint density at radius 1 is 1.20 bits per heavy atom. The van der Waals surface area contributed by atoms with Crippen molar-refractivity contribution in [2.75, 3.05) is 0 Å². The summed E-state index contributed by atoms with van der Waals surface area (Å²) in [6.45, 7) is 0.178. The first-order valence-electron chi connectivity index (χ1n) is 8.33. The second-order valence-corrected chi connectivity index (χ2v) is 7.03. The number of rotatable bonds is 4. The van der Waals surface area contributed by atoms with E-state index in [1.54, 1.807) is 35.4 Å². The van der Waals surface area contributed by atoms with Crippen LogP contribution in [0.25, 0.3) is 11.3 Å². The molecular weight excluding hydrogens is 320 g/mol. The fraction of sp³-hybridized carbons (Fsp3) is 0.333. The minimum absolute atomic E-state index is 0.0836. The van der Waals surface area contributed by atoms with Crippen molar-refractivity contribution in [1.29, 1.82) is 0 Å². The SMILES string of the molecule is O=c1c(=O)n(C23CC(C2)C3)ccn1Cc1cc(-c2cccnc2)no1. The molecule has 126 valence electrons. The highest BCUT2D eigenvalue weighted by atomic mass is 16.5. The van der Waals surface area contributed by atoms with Crippen molar-refractivity contribution >= 4 is 0 Å². The van der Waals surface area contributed by atoms with Crippen molar-refractivity contribution < 1.29 is 4.52 Å². The van der Waals surface area contributed by atoms with Crippen molar-refractivity contribution in [2.45, 2.75) is 31.3 Å². The van der Waals surface area contributed by atoms with Crippen LogP contribution in [-0.2, 0) is 12.1 Å². The standard InChI is InChI=1S/C18H16N4O3/c23-16-17(24)22(18-7-12(8-18)9-18)5-4-21(16)11-14-6-15(20-25-14)13-2-1-3-19-10-13/h1-6,10,12H,7-9,11H2. The minimum Gasteiger partial charge on any atom is -0.359 e. The largest absolute Gasteiger partial charge is 0.359 e. The van der Waals surface area contributed by atoms with Crippen LogP contribution < -0.4 is 11.1 Å². The molecule has 7 nitrogen and oxygen atoms in total. The summed E-state index contributed by atoms with van der Waals surface area (Å²) in [6, 6.07) is 5.46. The molecule has 3 saturated carbocycles. The van der Waals surface area contributed by atoms with E-state index in [-0.39, 0.29) is 12.1 Å². The fourth-order valence-electron chi connectivity index (χ4n) is 3.94. The van der Waals surface area contributed by atoms with Crippen LogP contribution in [0.2, 0.25) is 0 Å². The number of hydrogen-bond acceptors (Lipinski definition) is 5. The highest BCUT2D eigenvalue weighted by Gasteiger charge is 2.58. The lowest BCUT2D eigenvalue weighted by Gasteiger charge is -2.62. The molecule has 3 aromatic heterocycles. The van der Waals surface area contributed by atoms with Crippen LogP contribution in [0, 0.1) is 5.92 Å². The number of aromatic nitrogens is 4. The smallest absolute Gasteiger partial charge is 0.316 e. The average Bonchev–Trinajstić information content (AvgIpc) is 3.01. The molecule has 0 unspecified atom stereocenters. The molecule has 3 aliphatic carbocycles. The summed E-state index contributed by atoms with van der Waals surface area (Å²) in [7, 11) is 0. The molecule has 0 saturated heterocycles. The Kier molecular flexibility index (Phi) is 2.89. The van der Waals surface area contributed by atoms with Crippen molar-refractivity contribution in [3.05, 3.63) is 69.5 Å². The van der Waals surface area contributed by atoms with Gasteiger partial charge in [-0.2, -0.15) is 0 Å². The second-order valence-electron chi connectivity index (χ2n) is 7.03. The average molecular weight is 336 g/mol. The van der Waals surface area contributed by atoms with Gasteiger partial charge in [0.25, 0.3) is 0 Å². The number of pyridine rings is 1. The summed E-state index contributed by atoms with van der Waals surface area (Å²) in [4.78, 5) is 28.9. The van der Waals surface area contributed by atoms with Crippen molar-refractivity contribution in [3.63, 3.8) is 0 Å². The predicted octanol–water partition coefficient (Wildman–Crippen LogP) is 1.62. The molecule has 0 atom stereocenters. The molecule has 0 aromatic carbocycles. The molecule has 3 aromatic rings. The third-order valence-electron chi connectivity index (χ3n) is 5.42. The Bertz CT molecular complexity index is 1050. The predicted molar refractivity (Wildman–Crippen MR) is 89.1 cm³/mol. The van der Waals surface area contributed by atoms with E-state index >= 15 is 0 Å². The van der Waals surface area contributed by atoms with E-state index < -0.39 is 11.1 Å². The van der Waals surface area contributed by atoms with Gasteiger partial charge < -0.3 is 13.7 Å². The third-order valence-corrected chi connectivity index (χ3v) is 5.42. The van der Waals surface area contributed by atoms with E-state index in [0.717, 1.165) is 30.7 Å². The van der Waals surface area contributed by atoms with Crippen molar-refractivity contribution in [3.8, 4) is 11.3 Å². The van der Waals surface area contributed by atoms with Gasteiger partial charge in [0.15, 0.2) is 5.76 Å². The van der Waals surface area contributed by atoms with Gasteiger partial charge in [-0.1, -0.05) is 5.16 Å². The van der Waals surface area contributed by atoms with Gasteiger partial charge >= 0.3 is 11.1 Å². The maximum Gasteiger partial charge on any atom is 0.316 e. The first kappa shape index (κ1) is 14.4. The zero-order chi connectivity index (χ0) is 17.0. The molecule has 3 fully saturated rings. The molecule has 0 N–H and O–H groups in total. The van der Waals surface area contributed by atoms with Gasteiger partial charge in [0.2, 0.25) is 0 Å². The van der Waals surface area contributed by atoms with Crippen LogP contribution in [0.3, 0.4) is 0 Å². The number of hydrogen-bond donors (Lipinski definition) is 0. The zero-order valence-corrected chi connectivity index (χ0v) is 13.5. The Hall–Kier alpha value is -2.96. The molecule has 25 heavy (non-hydrogen) atoms.